The molecule has 0 bridgehead atoms. The van der Waals surface area contributed by atoms with E-state index >= 15 is 0 Å². The number of hydrogen-bond donors (Lipinski definition) is 0. The van der Waals surface area contributed by atoms with Gasteiger partial charge in [-0.2, -0.15) is 4.89 Å². The molecule has 1 aromatic heterocycles. The van der Waals surface area contributed by atoms with Crippen molar-refractivity contribution >= 4 is 0 Å². The van der Waals surface area contributed by atoms with E-state index in [0.29, 0.717) is 242 Å². The van der Waals surface area contributed by atoms with Gasteiger partial charge in [0.15, 0.2) is 17.2 Å². The number of rotatable bonds is 72. The third-order valence-corrected chi connectivity index (χ3v) is 18.9. The van der Waals surface area contributed by atoms with E-state index in [1.54, 1.807) is 0 Å². The number of ether oxygens (including phenoxy) is 26. The molecule has 1 fully saturated rings. The fourth-order valence-corrected chi connectivity index (χ4v) is 12.2. The van der Waals surface area contributed by atoms with Gasteiger partial charge in [0.1, 0.15) is 99.9 Å². The standard InChI is InChI=1S/C23H32O4.C21H36O6.C16H26O4.C14H24O5.C12H26O4.C12H24O2.C10H22O2.C8H18O2.C2H4/c1-17(2)24-15-16-25-21-11-7-19(8-12-21)23(5,6)20-9-13-22(14-10-20)27-26-18(3)4;1-16(2)22-7-10-25-19-13-20(26-11-8-23-17(3)4)15-21(14-19)27-12-9-24-18(5)6;1-13(2)17-8-10-19-15-6-5-7-16(12-15)20-11-9-18-14(3)4;1-11(2)16-5-7-18-13-9-15-10-14(13)19-8-6-17-12(3)4;1-11(2)15-9-7-13-5-6-14-8-10-16-12(3)4;1-9(2)13-11-5-7-12(8-6-11)14-10(3)4;1-9(2)11-7-5-6-8-12-10(3)4;1-7(2)9-5-6-10-8(3)4;1-2/h7-14,17-18H,15-16H2,1-6H3;13-18H,7-12H2,1-6H3;5-7,12-14H,8-11H2,1-4H3;9-12H,5-8H2,1-4H3;11-12H,5-10H2,1-4H3;9-12H,5-8H2,1-4H3;9-10H,5-8H2,1-4H3;7-8H,5-6H2,1-4H3;1-2H2. The minimum Gasteiger partial charge on any atom is -0.491 e. The van der Waals surface area contributed by atoms with E-state index < -0.39 is 0 Å². The van der Waals surface area contributed by atoms with Crippen molar-refractivity contribution in [1.82, 2.24) is 0 Å². The third-order valence-electron chi connectivity index (χ3n) is 18.9. The Hall–Kier alpha value is -6.66. The van der Waals surface area contributed by atoms with Gasteiger partial charge in [-0.05, 0) is 321 Å². The van der Waals surface area contributed by atoms with Crippen molar-refractivity contribution in [2.45, 2.75) is 409 Å². The summed E-state index contributed by atoms with van der Waals surface area (Å²) in [6, 6.07) is 29.4. The van der Waals surface area contributed by atoms with Crippen molar-refractivity contribution in [3.05, 3.63) is 128 Å². The molecule has 0 N–H and O–H groups in total. The van der Waals surface area contributed by atoms with Crippen molar-refractivity contribution in [1.29, 1.82) is 0 Å². The molecule has 0 radical (unpaired) electrons. The van der Waals surface area contributed by atoms with E-state index in [9.17, 15) is 0 Å². The molecule has 5 aromatic rings. The molecule has 0 aliphatic heterocycles. The Morgan fingerprint density at radius 2 is 0.442 bits per heavy atom. The van der Waals surface area contributed by atoms with Crippen LogP contribution in [0.4, 0.5) is 0 Å². The molecule has 0 saturated heterocycles. The summed E-state index contributed by atoms with van der Waals surface area (Å²) in [5.74, 6) is 6.39. The lowest BCUT2D eigenvalue weighted by Gasteiger charge is -2.30. The van der Waals surface area contributed by atoms with Crippen LogP contribution in [-0.4, -0.2) is 288 Å². The molecule has 29 heteroatoms. The lowest BCUT2D eigenvalue weighted by molar-refractivity contribution is -0.234. The highest BCUT2D eigenvalue weighted by Crippen LogP contribution is 2.35. The van der Waals surface area contributed by atoms with Gasteiger partial charge in [0.25, 0.3) is 0 Å². The highest BCUT2D eigenvalue weighted by Gasteiger charge is 2.26. The van der Waals surface area contributed by atoms with Crippen LogP contribution in [0.15, 0.2) is 121 Å². The summed E-state index contributed by atoms with van der Waals surface area (Å²) >= 11 is 0. The first kappa shape index (κ1) is 144. The number of furan rings is 1. The number of unbranched alkanes of at least 4 members (excludes halogenated alkanes) is 1. The van der Waals surface area contributed by atoms with Crippen LogP contribution < -0.4 is 42.8 Å². The summed E-state index contributed by atoms with van der Waals surface area (Å²) in [6.07, 6.45) is 15.1. The monoisotopic (exact) mass is 2090 g/mol. The Morgan fingerprint density at radius 1 is 0.231 bits per heavy atom. The Kier molecular flexibility index (Phi) is 93.6. The average Bonchev–Trinajstić information content (AvgIpc) is 0.946. The number of hydrogen-bond acceptors (Lipinski definition) is 29. The summed E-state index contributed by atoms with van der Waals surface area (Å²) in [5, 5.41) is 0. The maximum atomic E-state index is 5.79. The first-order valence-electron chi connectivity index (χ1n) is 54.2. The first-order valence-corrected chi connectivity index (χ1v) is 54.2. The fourth-order valence-electron chi connectivity index (χ4n) is 12.2. The maximum absolute atomic E-state index is 5.79. The molecule has 1 heterocycles. The van der Waals surface area contributed by atoms with Crippen LogP contribution in [-0.2, 0) is 95.6 Å². The Labute approximate surface area is 893 Å². The third kappa shape index (κ3) is 96.1. The van der Waals surface area contributed by atoms with Gasteiger partial charge in [-0.15, -0.1) is 13.2 Å². The molecule has 6 rings (SSSR count). The average molecular weight is 2090 g/mol. The van der Waals surface area contributed by atoms with Crippen LogP contribution in [0.3, 0.4) is 0 Å². The van der Waals surface area contributed by atoms with Gasteiger partial charge in [0.05, 0.1) is 222 Å². The van der Waals surface area contributed by atoms with Crippen LogP contribution >= 0.6 is 0 Å². The second-order valence-corrected chi connectivity index (χ2v) is 39.5. The predicted octanol–water partition coefficient (Wildman–Crippen LogP) is 26.1. The molecule has 29 nitrogen and oxygen atoms in total. The Balaban J connectivity index is -0.00000164. The van der Waals surface area contributed by atoms with E-state index in [4.69, 9.17) is 137 Å². The van der Waals surface area contributed by atoms with Gasteiger partial charge in [-0.3, -0.25) is 0 Å². The highest BCUT2D eigenvalue weighted by molar-refractivity contribution is 5.43. The first-order chi connectivity index (χ1) is 69.8. The molecule has 1 saturated carbocycles. The van der Waals surface area contributed by atoms with Crippen molar-refractivity contribution in [3.63, 3.8) is 0 Å². The minimum absolute atomic E-state index is 0.0267. The van der Waals surface area contributed by atoms with E-state index in [2.05, 4.69) is 107 Å². The molecule has 147 heavy (non-hydrogen) atoms. The van der Waals surface area contributed by atoms with Gasteiger partial charge in [0.2, 0.25) is 0 Å². The topological polar surface area (TPSA) is 272 Å². The van der Waals surface area contributed by atoms with E-state index in [1.807, 2.05) is 247 Å². The Morgan fingerprint density at radius 3 is 0.694 bits per heavy atom. The molecule has 0 unspecified atom stereocenters. The molecular formula is C118H212O29. The molecule has 1 aliphatic carbocycles. The van der Waals surface area contributed by atoms with Crippen molar-refractivity contribution in [3.8, 4) is 51.7 Å². The lowest BCUT2D eigenvalue weighted by Crippen LogP contribution is -2.29. The van der Waals surface area contributed by atoms with Crippen molar-refractivity contribution in [2.75, 3.05) is 172 Å². The van der Waals surface area contributed by atoms with Gasteiger partial charge in [-0.25, -0.2) is 0 Å². The molecule has 0 spiro atoms. The molecule has 4 aromatic carbocycles. The number of benzene rings is 4. The van der Waals surface area contributed by atoms with E-state index in [1.165, 1.54) is 23.7 Å². The second-order valence-electron chi connectivity index (χ2n) is 39.5. The molecule has 858 valence electrons. The summed E-state index contributed by atoms with van der Waals surface area (Å²) in [4.78, 5) is 10.5. The van der Waals surface area contributed by atoms with Crippen LogP contribution in [0.1, 0.15) is 299 Å². The fraction of sp³-hybridized carbons (Fsp3) is 0.746. The zero-order valence-corrected chi connectivity index (χ0v) is 98.7. The van der Waals surface area contributed by atoms with Gasteiger partial charge in [-0.1, -0.05) is 44.2 Å². The summed E-state index contributed by atoms with van der Waals surface area (Å²) in [7, 11) is 0. The second kappa shape index (κ2) is 95.2. The van der Waals surface area contributed by atoms with Crippen LogP contribution in [0.5, 0.6) is 51.7 Å². The normalized spacial score (nSPS) is 13.0. The van der Waals surface area contributed by atoms with Crippen LogP contribution in [0, 0.1) is 0 Å². The van der Waals surface area contributed by atoms with Gasteiger partial charge >= 0.3 is 0 Å². The van der Waals surface area contributed by atoms with Crippen LogP contribution in [0.25, 0.3) is 0 Å². The predicted molar refractivity (Wildman–Crippen MR) is 593 cm³/mol. The SMILES string of the molecule is C=C.CC(C)OC1CCC(OC(C)C)CC1.CC(C)OCCCCOC(C)C.CC(C)OCCOC(C)C.CC(C)OCCOCCOCCOC(C)C.CC(C)OCCOc1cc(OCCOC(C)C)cc(OCCOC(C)C)c1.CC(C)OCCOc1ccc(C(C)(C)c2ccc(OOC(C)C)cc2)cc1.CC(C)OCCOc1cccc(OCCOC(C)C)c1.CC(C)OCCOc1cocc1OCCOC(C)C. The maximum Gasteiger partial charge on any atom is 0.199 e. The summed E-state index contributed by atoms with van der Waals surface area (Å²) in [5.41, 5.74) is 2.30. The lowest BCUT2D eigenvalue weighted by atomic mass is 9.78. The molecule has 0 amide bonds. The summed E-state index contributed by atoms with van der Waals surface area (Å²) < 4.78 is 148. The van der Waals surface area contributed by atoms with Crippen molar-refractivity contribution in [2.24, 2.45) is 0 Å². The van der Waals surface area contributed by atoms with Crippen LogP contribution in [0.2, 0.25) is 0 Å². The van der Waals surface area contributed by atoms with Gasteiger partial charge in [0, 0.05) is 42.9 Å². The Bertz CT molecular complexity index is 3410. The summed E-state index contributed by atoms with van der Waals surface area (Å²) in [6.45, 7) is 94.4. The molecule has 0 atom stereocenters. The van der Waals surface area contributed by atoms with Crippen molar-refractivity contribution < 1.29 is 137 Å². The van der Waals surface area contributed by atoms with Gasteiger partial charge < -0.3 is 132 Å². The molecular weight excluding hydrogens is 1880 g/mol. The largest absolute Gasteiger partial charge is 0.491 e. The quantitative estimate of drug-likeness (QED) is 0.0151. The van der Waals surface area contributed by atoms with E-state index in [-0.39, 0.29) is 72.6 Å². The molecule has 1 aliphatic rings. The van der Waals surface area contributed by atoms with E-state index in [0.717, 1.165) is 69.0 Å². The highest BCUT2D eigenvalue weighted by atomic mass is 17.2. The smallest absolute Gasteiger partial charge is 0.199 e. The minimum atomic E-state index is -0.128. The zero-order chi connectivity index (χ0) is 111. The zero-order valence-electron chi connectivity index (χ0n) is 98.7.